The zero-order valence-electron chi connectivity index (χ0n) is 15.6. The van der Waals surface area contributed by atoms with Gasteiger partial charge >= 0.3 is 0 Å². The Labute approximate surface area is 158 Å². The first-order chi connectivity index (χ1) is 13.0. The van der Waals surface area contributed by atoms with Crippen LogP contribution in [-0.4, -0.2) is 64.3 Å². The summed E-state index contributed by atoms with van der Waals surface area (Å²) in [5.41, 5.74) is 1.81. The summed E-state index contributed by atoms with van der Waals surface area (Å²) in [7, 11) is 0. The summed E-state index contributed by atoms with van der Waals surface area (Å²) in [5.74, 6) is 0.314. The van der Waals surface area contributed by atoms with Crippen LogP contribution in [0.5, 0.6) is 0 Å². The maximum Gasteiger partial charge on any atom is 0.274 e. The van der Waals surface area contributed by atoms with Crippen molar-refractivity contribution in [3.05, 3.63) is 42.4 Å². The van der Waals surface area contributed by atoms with Crippen LogP contribution in [0.25, 0.3) is 0 Å². The summed E-state index contributed by atoms with van der Waals surface area (Å²) in [6, 6.07) is 7.29. The highest BCUT2D eigenvalue weighted by molar-refractivity contribution is 5.92. The minimum atomic E-state index is -0.130. The molecule has 0 spiro atoms. The van der Waals surface area contributed by atoms with E-state index in [4.69, 9.17) is 0 Å². The number of anilines is 3. The van der Waals surface area contributed by atoms with Gasteiger partial charge in [0.25, 0.3) is 5.91 Å². The second-order valence-electron chi connectivity index (χ2n) is 6.40. The molecule has 0 aliphatic carbocycles. The van der Waals surface area contributed by atoms with Crippen molar-refractivity contribution in [3.8, 4) is 0 Å². The van der Waals surface area contributed by atoms with Gasteiger partial charge in [-0.25, -0.2) is 9.97 Å². The number of aromatic nitrogens is 2. The van der Waals surface area contributed by atoms with Crippen LogP contribution in [0.4, 0.5) is 17.2 Å². The van der Waals surface area contributed by atoms with Gasteiger partial charge in [-0.15, -0.1) is 0 Å². The molecule has 2 N–H and O–H groups in total. The molecule has 2 aromatic rings. The van der Waals surface area contributed by atoms with E-state index in [1.54, 1.807) is 18.3 Å². The molecule has 1 aliphatic rings. The molecule has 27 heavy (non-hydrogen) atoms. The maximum absolute atomic E-state index is 12.6. The molecular formula is C19H24N6O2. The number of hydrogen-bond acceptors (Lipinski definition) is 6. The number of nitrogens with one attached hydrogen (secondary N) is 2. The van der Waals surface area contributed by atoms with Crippen LogP contribution in [-0.2, 0) is 4.79 Å². The van der Waals surface area contributed by atoms with Crippen LogP contribution in [0, 0.1) is 0 Å². The van der Waals surface area contributed by atoms with Crippen LogP contribution in [0.1, 0.15) is 24.3 Å². The summed E-state index contributed by atoms with van der Waals surface area (Å²) < 4.78 is 0. The van der Waals surface area contributed by atoms with Crippen molar-refractivity contribution >= 4 is 29.0 Å². The number of amides is 2. The number of carbonyl (C=O) groups excluding carboxylic acids is 2. The number of piperazine rings is 1. The first-order valence-electron chi connectivity index (χ1n) is 9.03. The molecule has 0 bridgehead atoms. The monoisotopic (exact) mass is 368 g/mol. The average molecular weight is 368 g/mol. The van der Waals surface area contributed by atoms with E-state index >= 15 is 0 Å². The average Bonchev–Trinajstić information content (AvgIpc) is 2.68. The first kappa shape index (κ1) is 18.8. The molecule has 8 nitrogen and oxygen atoms in total. The fraction of sp³-hybridized carbons (Fsp3) is 0.368. The van der Waals surface area contributed by atoms with Gasteiger partial charge in [-0.2, -0.15) is 0 Å². The standard InChI is InChI=1S/C19H24N6O2/c1-3-24-7-9-25(10-8-24)19(27)17-12-21-18(13-20-17)23-16-6-4-5-15(11-16)22-14(2)26/h4-6,11-13H,3,7-10H2,1-2H3,(H,21,23)(H,22,26). The van der Waals surface area contributed by atoms with Gasteiger partial charge in [-0.05, 0) is 24.7 Å². The van der Waals surface area contributed by atoms with Gasteiger partial charge in [-0.1, -0.05) is 13.0 Å². The summed E-state index contributed by atoms with van der Waals surface area (Å²) in [4.78, 5) is 36.4. The van der Waals surface area contributed by atoms with E-state index in [2.05, 4.69) is 32.4 Å². The molecular weight excluding hydrogens is 344 g/mol. The van der Waals surface area contributed by atoms with Crippen molar-refractivity contribution < 1.29 is 9.59 Å². The van der Waals surface area contributed by atoms with Crippen LogP contribution in [0.2, 0.25) is 0 Å². The smallest absolute Gasteiger partial charge is 0.274 e. The Morgan fingerprint density at radius 3 is 2.44 bits per heavy atom. The number of hydrogen-bond donors (Lipinski definition) is 2. The van der Waals surface area contributed by atoms with E-state index < -0.39 is 0 Å². The fourth-order valence-electron chi connectivity index (χ4n) is 2.96. The predicted molar refractivity (Wildman–Crippen MR) is 104 cm³/mol. The third-order valence-electron chi connectivity index (χ3n) is 4.43. The molecule has 0 atom stereocenters. The molecule has 0 unspecified atom stereocenters. The SMILES string of the molecule is CCN1CCN(C(=O)c2cnc(Nc3cccc(NC(C)=O)c3)cn2)CC1. The van der Waals surface area contributed by atoms with Gasteiger partial charge in [0.15, 0.2) is 0 Å². The van der Waals surface area contributed by atoms with Crippen LogP contribution in [0.15, 0.2) is 36.7 Å². The molecule has 0 saturated carbocycles. The van der Waals surface area contributed by atoms with Gasteiger partial charge < -0.3 is 20.4 Å². The molecule has 1 aromatic heterocycles. The Balaban J connectivity index is 1.62. The van der Waals surface area contributed by atoms with Crippen molar-refractivity contribution in [2.24, 2.45) is 0 Å². The Bertz CT molecular complexity index is 800. The lowest BCUT2D eigenvalue weighted by Crippen LogP contribution is -2.48. The molecule has 3 rings (SSSR count). The highest BCUT2D eigenvalue weighted by atomic mass is 16.2. The van der Waals surface area contributed by atoms with E-state index in [1.165, 1.54) is 13.1 Å². The van der Waals surface area contributed by atoms with Crippen molar-refractivity contribution in [1.82, 2.24) is 19.8 Å². The molecule has 0 radical (unpaired) electrons. The number of likely N-dealkylation sites (N-methyl/N-ethyl adjacent to an activating group) is 1. The molecule has 1 saturated heterocycles. The minimum absolute atomic E-state index is 0.0857. The summed E-state index contributed by atoms with van der Waals surface area (Å²) in [5, 5.41) is 5.85. The lowest BCUT2D eigenvalue weighted by Gasteiger charge is -2.33. The molecule has 1 aliphatic heterocycles. The molecule has 1 fully saturated rings. The Kier molecular flexibility index (Phi) is 5.97. The number of rotatable bonds is 5. The van der Waals surface area contributed by atoms with E-state index in [9.17, 15) is 9.59 Å². The Morgan fingerprint density at radius 1 is 1.07 bits per heavy atom. The molecule has 2 amide bonds. The second kappa shape index (κ2) is 8.59. The largest absolute Gasteiger partial charge is 0.339 e. The number of benzene rings is 1. The van der Waals surface area contributed by atoms with Crippen molar-refractivity contribution in [1.29, 1.82) is 0 Å². The minimum Gasteiger partial charge on any atom is -0.339 e. The molecule has 1 aromatic carbocycles. The van der Waals surface area contributed by atoms with Crippen molar-refractivity contribution in [2.75, 3.05) is 43.4 Å². The summed E-state index contributed by atoms with van der Waals surface area (Å²) in [6.45, 7) is 7.80. The van der Waals surface area contributed by atoms with Crippen LogP contribution < -0.4 is 10.6 Å². The molecule has 142 valence electrons. The lowest BCUT2D eigenvalue weighted by atomic mass is 10.2. The van der Waals surface area contributed by atoms with Crippen molar-refractivity contribution in [2.45, 2.75) is 13.8 Å². The summed E-state index contributed by atoms with van der Waals surface area (Å²) >= 11 is 0. The van der Waals surface area contributed by atoms with Gasteiger partial charge in [-0.3, -0.25) is 9.59 Å². The zero-order chi connectivity index (χ0) is 19.2. The van der Waals surface area contributed by atoms with Crippen LogP contribution >= 0.6 is 0 Å². The van der Waals surface area contributed by atoms with Gasteiger partial charge in [0.05, 0.1) is 12.4 Å². The van der Waals surface area contributed by atoms with E-state index in [0.717, 1.165) is 25.3 Å². The third kappa shape index (κ3) is 5.01. The quantitative estimate of drug-likeness (QED) is 0.838. The van der Waals surface area contributed by atoms with Crippen molar-refractivity contribution in [3.63, 3.8) is 0 Å². The number of nitrogens with zero attached hydrogens (tertiary/aromatic N) is 4. The fourth-order valence-corrected chi connectivity index (χ4v) is 2.96. The Hall–Kier alpha value is -3.00. The highest BCUT2D eigenvalue weighted by Crippen LogP contribution is 2.18. The predicted octanol–water partition coefficient (Wildman–Crippen LogP) is 1.96. The highest BCUT2D eigenvalue weighted by Gasteiger charge is 2.22. The maximum atomic E-state index is 12.6. The van der Waals surface area contributed by atoms with Crippen LogP contribution in [0.3, 0.4) is 0 Å². The van der Waals surface area contributed by atoms with Gasteiger partial charge in [0.1, 0.15) is 11.5 Å². The molecule has 2 heterocycles. The molecule has 8 heteroatoms. The Morgan fingerprint density at radius 2 is 1.81 bits per heavy atom. The first-order valence-corrected chi connectivity index (χ1v) is 9.03. The zero-order valence-corrected chi connectivity index (χ0v) is 15.6. The lowest BCUT2D eigenvalue weighted by molar-refractivity contribution is -0.114. The van der Waals surface area contributed by atoms with E-state index in [0.29, 0.717) is 30.3 Å². The topological polar surface area (TPSA) is 90.5 Å². The summed E-state index contributed by atoms with van der Waals surface area (Å²) in [6.07, 6.45) is 3.04. The number of carbonyl (C=O) groups is 2. The van der Waals surface area contributed by atoms with Gasteiger partial charge in [0.2, 0.25) is 5.91 Å². The van der Waals surface area contributed by atoms with E-state index in [-0.39, 0.29) is 11.8 Å². The van der Waals surface area contributed by atoms with E-state index in [1.807, 2.05) is 17.0 Å². The second-order valence-corrected chi connectivity index (χ2v) is 6.40. The third-order valence-corrected chi connectivity index (χ3v) is 4.43. The van der Waals surface area contributed by atoms with Gasteiger partial charge in [0, 0.05) is 44.5 Å². The normalized spacial score (nSPS) is 14.7.